The Morgan fingerprint density at radius 3 is 2.79 bits per heavy atom. The van der Waals surface area contributed by atoms with Crippen molar-refractivity contribution in [3.8, 4) is 11.8 Å². The number of benzene rings is 1. The zero-order valence-corrected chi connectivity index (χ0v) is 13.0. The first-order valence-electron chi connectivity index (χ1n) is 7.00. The van der Waals surface area contributed by atoms with E-state index in [1.165, 1.54) is 23.9 Å². The van der Waals surface area contributed by atoms with Gasteiger partial charge in [0.15, 0.2) is 5.69 Å². The van der Waals surface area contributed by atoms with Gasteiger partial charge in [-0.3, -0.25) is 0 Å². The number of aryl methyl sites for hydroxylation is 1. The largest absolute Gasteiger partial charge is 0.464 e. The van der Waals surface area contributed by atoms with Crippen LogP contribution in [0.2, 0.25) is 0 Å². The Morgan fingerprint density at radius 2 is 2.12 bits per heavy atom. The molecule has 1 aromatic carbocycles. The predicted molar refractivity (Wildman–Crippen MR) is 87.0 cm³/mol. The second-order valence-corrected chi connectivity index (χ2v) is 5.21. The van der Waals surface area contributed by atoms with E-state index in [9.17, 15) is 9.59 Å². The number of aromatic nitrogens is 1. The minimum atomic E-state index is -0.667. The summed E-state index contributed by atoms with van der Waals surface area (Å²) in [6.07, 6.45) is 1.44. The van der Waals surface area contributed by atoms with Gasteiger partial charge in [-0.25, -0.2) is 9.59 Å². The summed E-state index contributed by atoms with van der Waals surface area (Å²) in [7, 11) is 1.23. The molecule has 0 saturated carbocycles. The monoisotopic (exact) mass is 323 g/mol. The van der Waals surface area contributed by atoms with Crippen LogP contribution in [0.1, 0.15) is 21.6 Å². The van der Waals surface area contributed by atoms with Crippen LogP contribution in [0.25, 0.3) is 16.7 Å². The smallest absolute Gasteiger partial charge is 0.357 e. The first-order chi connectivity index (χ1) is 11.5. The topological polar surface area (TPSA) is 111 Å². The second-order valence-electron chi connectivity index (χ2n) is 5.21. The molecule has 0 radical (unpaired) electrons. The van der Waals surface area contributed by atoms with Gasteiger partial charge in [-0.1, -0.05) is 0 Å². The number of esters is 1. The molecule has 7 heteroatoms. The Morgan fingerprint density at radius 1 is 1.38 bits per heavy atom. The first-order valence-corrected chi connectivity index (χ1v) is 7.00. The molecule has 0 aliphatic rings. The van der Waals surface area contributed by atoms with Crippen LogP contribution < -0.4 is 11.4 Å². The normalized spacial score (nSPS) is 10.5. The maximum absolute atomic E-state index is 12.0. The van der Waals surface area contributed by atoms with Gasteiger partial charge in [0.25, 0.3) is 0 Å². The van der Waals surface area contributed by atoms with E-state index >= 15 is 0 Å². The van der Waals surface area contributed by atoms with Crippen LogP contribution in [0.15, 0.2) is 39.7 Å². The highest BCUT2D eigenvalue weighted by atomic mass is 16.5. The summed E-state index contributed by atoms with van der Waals surface area (Å²) in [6, 6.07) is 8.46. The fourth-order valence-corrected chi connectivity index (χ4v) is 2.58. The first kappa shape index (κ1) is 15.4. The highest BCUT2D eigenvalue weighted by Gasteiger charge is 2.22. The quantitative estimate of drug-likeness (QED) is 0.571. The maximum atomic E-state index is 12.0. The van der Waals surface area contributed by atoms with Gasteiger partial charge in [-0.05, 0) is 24.6 Å². The predicted octanol–water partition coefficient (Wildman–Crippen LogP) is 2.13. The Bertz CT molecular complexity index is 1070. The summed E-state index contributed by atoms with van der Waals surface area (Å²) in [5.74, 6) is -0.667. The number of nitrogens with two attached hydrogens (primary N) is 1. The van der Waals surface area contributed by atoms with Crippen molar-refractivity contribution in [2.75, 3.05) is 12.8 Å². The SMILES string of the molecule is COC(=O)c1c(N)c(C#N)cn1-c1ccc2c(C)cc(=O)oc2c1. The van der Waals surface area contributed by atoms with Gasteiger partial charge in [0.05, 0.1) is 18.4 Å². The third-order valence-electron chi connectivity index (χ3n) is 3.76. The van der Waals surface area contributed by atoms with Crippen molar-refractivity contribution in [1.82, 2.24) is 4.57 Å². The average molecular weight is 323 g/mol. The van der Waals surface area contributed by atoms with Gasteiger partial charge in [0.1, 0.15) is 11.7 Å². The van der Waals surface area contributed by atoms with E-state index in [1.807, 2.05) is 6.07 Å². The molecule has 0 spiro atoms. The zero-order chi connectivity index (χ0) is 17.4. The van der Waals surface area contributed by atoms with Crippen molar-refractivity contribution in [2.24, 2.45) is 0 Å². The summed E-state index contributed by atoms with van der Waals surface area (Å²) in [5.41, 5.74) is 7.32. The molecule has 24 heavy (non-hydrogen) atoms. The Labute approximate surface area is 136 Å². The maximum Gasteiger partial charge on any atom is 0.357 e. The molecule has 2 N–H and O–H groups in total. The van der Waals surface area contributed by atoms with Crippen molar-refractivity contribution in [3.63, 3.8) is 0 Å². The van der Waals surface area contributed by atoms with Gasteiger partial charge in [0.2, 0.25) is 0 Å². The molecule has 0 saturated heterocycles. The highest BCUT2D eigenvalue weighted by Crippen LogP contribution is 2.27. The molecule has 0 unspecified atom stereocenters. The number of methoxy groups -OCH3 is 1. The van der Waals surface area contributed by atoms with E-state index in [-0.39, 0.29) is 16.9 Å². The number of carbonyl (C=O) groups is 1. The van der Waals surface area contributed by atoms with Crippen molar-refractivity contribution >= 4 is 22.6 Å². The zero-order valence-electron chi connectivity index (χ0n) is 13.0. The van der Waals surface area contributed by atoms with Gasteiger partial charge in [0, 0.05) is 29.4 Å². The van der Waals surface area contributed by atoms with Crippen LogP contribution in [0.5, 0.6) is 0 Å². The van der Waals surface area contributed by atoms with Crippen LogP contribution in [-0.2, 0) is 4.74 Å². The van der Waals surface area contributed by atoms with Crippen molar-refractivity contribution < 1.29 is 13.9 Å². The molecule has 0 aliphatic carbocycles. The average Bonchev–Trinajstić information content (AvgIpc) is 2.90. The van der Waals surface area contributed by atoms with Crippen LogP contribution >= 0.6 is 0 Å². The van der Waals surface area contributed by atoms with Crippen molar-refractivity contribution in [3.05, 3.63) is 57.7 Å². The summed E-state index contributed by atoms with van der Waals surface area (Å²) >= 11 is 0. The van der Waals surface area contributed by atoms with E-state index in [0.717, 1.165) is 10.9 Å². The van der Waals surface area contributed by atoms with E-state index in [0.29, 0.717) is 11.3 Å². The molecule has 3 aromatic rings. The minimum absolute atomic E-state index is 0.0372. The van der Waals surface area contributed by atoms with E-state index in [2.05, 4.69) is 0 Å². The molecule has 0 atom stereocenters. The lowest BCUT2D eigenvalue weighted by atomic mass is 10.1. The van der Waals surface area contributed by atoms with Crippen LogP contribution in [-0.4, -0.2) is 17.6 Å². The van der Waals surface area contributed by atoms with E-state index in [4.69, 9.17) is 20.1 Å². The number of carbonyl (C=O) groups excluding carboxylic acids is 1. The summed E-state index contributed by atoms with van der Waals surface area (Å²) in [6.45, 7) is 1.81. The Balaban J connectivity index is 2.30. The van der Waals surface area contributed by atoms with Crippen LogP contribution in [0.4, 0.5) is 5.69 Å². The second kappa shape index (κ2) is 5.59. The molecule has 2 aromatic heterocycles. The molecule has 0 fully saturated rings. The summed E-state index contributed by atoms with van der Waals surface area (Å²) in [5, 5.41) is 9.92. The fourth-order valence-electron chi connectivity index (χ4n) is 2.58. The number of rotatable bonds is 2. The lowest BCUT2D eigenvalue weighted by Gasteiger charge is -2.09. The number of nitrogen functional groups attached to an aromatic ring is 1. The number of hydrogen-bond acceptors (Lipinski definition) is 6. The van der Waals surface area contributed by atoms with Gasteiger partial charge >= 0.3 is 11.6 Å². The molecule has 2 heterocycles. The van der Waals surface area contributed by atoms with Gasteiger partial charge < -0.3 is 19.5 Å². The highest BCUT2D eigenvalue weighted by molar-refractivity contribution is 5.96. The lowest BCUT2D eigenvalue weighted by Crippen LogP contribution is -2.11. The molecular weight excluding hydrogens is 310 g/mol. The van der Waals surface area contributed by atoms with Crippen molar-refractivity contribution in [1.29, 1.82) is 5.26 Å². The Kier molecular flexibility index (Phi) is 3.58. The molecular formula is C17H13N3O4. The third kappa shape index (κ3) is 2.30. The van der Waals surface area contributed by atoms with Crippen molar-refractivity contribution in [2.45, 2.75) is 6.92 Å². The number of nitriles is 1. The van der Waals surface area contributed by atoms with Gasteiger partial charge in [-0.15, -0.1) is 0 Å². The molecule has 0 bridgehead atoms. The summed E-state index contributed by atoms with van der Waals surface area (Å²) in [4.78, 5) is 23.6. The van der Waals surface area contributed by atoms with E-state index < -0.39 is 11.6 Å². The molecule has 120 valence electrons. The molecule has 0 aliphatic heterocycles. The Hall–Kier alpha value is -3.53. The van der Waals surface area contributed by atoms with Crippen LogP contribution in [0.3, 0.4) is 0 Å². The number of nitrogens with zero attached hydrogens (tertiary/aromatic N) is 2. The van der Waals surface area contributed by atoms with E-state index in [1.54, 1.807) is 25.1 Å². The number of ether oxygens (including phenoxy) is 1. The minimum Gasteiger partial charge on any atom is -0.464 e. The molecule has 3 rings (SSSR count). The van der Waals surface area contributed by atoms with Gasteiger partial charge in [-0.2, -0.15) is 5.26 Å². The number of fused-ring (bicyclic) bond motifs is 1. The van der Waals surface area contributed by atoms with Crippen LogP contribution in [0, 0.1) is 18.3 Å². The molecule has 0 amide bonds. The number of anilines is 1. The number of hydrogen-bond donors (Lipinski definition) is 1. The standard InChI is InChI=1S/C17H13N3O4/c1-9-5-14(21)24-13-6-11(3-4-12(9)13)20-8-10(7-18)15(19)16(20)17(22)23-2/h3-6,8H,19H2,1-2H3. The summed E-state index contributed by atoms with van der Waals surface area (Å²) < 4.78 is 11.4. The lowest BCUT2D eigenvalue weighted by molar-refractivity contribution is 0.0593. The third-order valence-corrected chi connectivity index (χ3v) is 3.76. The molecule has 7 nitrogen and oxygen atoms in total. The fraction of sp³-hybridized carbons (Fsp3) is 0.118.